The molecule has 1 atom stereocenters. The van der Waals surface area contributed by atoms with Crippen LogP contribution in [0.3, 0.4) is 0 Å². The quantitative estimate of drug-likeness (QED) is 0.625. The fourth-order valence-electron chi connectivity index (χ4n) is 3.70. The number of aldehydes is 1. The number of carbonyl (C=O) groups excluding carboxylic acids is 3. The minimum absolute atomic E-state index is 0.129. The van der Waals surface area contributed by atoms with Gasteiger partial charge < -0.3 is 10.1 Å². The molecule has 0 unspecified atom stereocenters. The van der Waals surface area contributed by atoms with E-state index in [-0.39, 0.29) is 11.9 Å². The highest BCUT2D eigenvalue weighted by Crippen LogP contribution is 2.24. The summed E-state index contributed by atoms with van der Waals surface area (Å²) in [5, 5.41) is 2.78. The Labute approximate surface area is 182 Å². The number of rotatable bonds is 8. The molecule has 158 valence electrons. The third-order valence-electron chi connectivity index (χ3n) is 5.28. The molecule has 6 heteroatoms. The van der Waals surface area contributed by atoms with Crippen molar-refractivity contribution in [1.29, 1.82) is 0 Å². The van der Waals surface area contributed by atoms with Crippen molar-refractivity contribution in [1.82, 2.24) is 10.2 Å². The number of benzene rings is 2. The molecule has 1 fully saturated rings. The molecule has 0 aromatic heterocycles. The summed E-state index contributed by atoms with van der Waals surface area (Å²) in [6, 6.07) is 17.6. The maximum Gasteiger partial charge on any atom is 0.325 e. The minimum Gasteiger partial charge on any atom is -0.327 e. The molecule has 30 heavy (non-hydrogen) atoms. The number of hydrogen-bond acceptors (Lipinski definition) is 4. The van der Waals surface area contributed by atoms with Crippen LogP contribution in [0.2, 0.25) is 0 Å². The number of thioether (sulfide) groups is 1. The molecule has 1 aliphatic rings. The summed E-state index contributed by atoms with van der Waals surface area (Å²) in [4.78, 5) is 39.1. The first kappa shape index (κ1) is 22.1. The molecule has 3 rings (SSSR count). The number of hydrogen-bond donors (Lipinski definition) is 1. The molecule has 0 spiro atoms. The third-order valence-corrected chi connectivity index (χ3v) is 6.41. The van der Waals surface area contributed by atoms with Gasteiger partial charge in [0.15, 0.2) is 0 Å². The van der Waals surface area contributed by atoms with Crippen molar-refractivity contribution < 1.29 is 14.4 Å². The van der Waals surface area contributed by atoms with Crippen LogP contribution in [0, 0.1) is 0 Å². The van der Waals surface area contributed by atoms with Gasteiger partial charge in [-0.05, 0) is 30.5 Å². The predicted molar refractivity (Wildman–Crippen MR) is 120 cm³/mol. The summed E-state index contributed by atoms with van der Waals surface area (Å²) in [5.41, 5.74) is 1.65. The molecule has 2 aromatic rings. The van der Waals surface area contributed by atoms with E-state index in [1.807, 2.05) is 36.4 Å². The lowest BCUT2D eigenvalue weighted by Crippen LogP contribution is -2.53. The van der Waals surface area contributed by atoms with E-state index in [0.717, 1.165) is 44.1 Å². The summed E-state index contributed by atoms with van der Waals surface area (Å²) in [5.74, 6) is 0.917. The minimum atomic E-state index is -0.638. The van der Waals surface area contributed by atoms with Gasteiger partial charge in [0.05, 0.1) is 6.04 Å². The van der Waals surface area contributed by atoms with Crippen molar-refractivity contribution in [2.24, 2.45) is 0 Å². The second kappa shape index (κ2) is 11.6. The van der Waals surface area contributed by atoms with Crippen molar-refractivity contribution in [3.63, 3.8) is 0 Å². The lowest BCUT2D eigenvalue weighted by molar-refractivity contribution is -0.109. The Morgan fingerprint density at radius 1 is 1.00 bits per heavy atom. The first-order valence-corrected chi connectivity index (χ1v) is 11.6. The second-order valence-electron chi connectivity index (χ2n) is 7.53. The van der Waals surface area contributed by atoms with Crippen LogP contribution < -0.4 is 5.32 Å². The Hall–Kier alpha value is -2.60. The van der Waals surface area contributed by atoms with Gasteiger partial charge in [-0.25, -0.2) is 4.79 Å². The zero-order valence-corrected chi connectivity index (χ0v) is 17.9. The predicted octanol–water partition coefficient (Wildman–Crippen LogP) is 4.67. The summed E-state index contributed by atoms with van der Waals surface area (Å²) in [7, 11) is 0. The lowest BCUT2D eigenvalue weighted by atomic mass is 9.94. The van der Waals surface area contributed by atoms with E-state index in [1.54, 1.807) is 36.0 Å². The van der Waals surface area contributed by atoms with Gasteiger partial charge in [0.1, 0.15) is 6.29 Å². The van der Waals surface area contributed by atoms with Gasteiger partial charge in [0.25, 0.3) is 5.91 Å². The van der Waals surface area contributed by atoms with Gasteiger partial charge in [-0.1, -0.05) is 67.8 Å². The fraction of sp³-hybridized carbons (Fsp3) is 0.375. The van der Waals surface area contributed by atoms with Gasteiger partial charge >= 0.3 is 6.03 Å². The van der Waals surface area contributed by atoms with Crippen LogP contribution in [0.1, 0.15) is 48.0 Å². The molecule has 3 amide bonds. The Kier molecular flexibility index (Phi) is 8.51. The first-order chi connectivity index (χ1) is 14.7. The highest BCUT2D eigenvalue weighted by atomic mass is 32.2. The molecule has 2 aromatic carbocycles. The number of nitrogens with zero attached hydrogens (tertiary/aromatic N) is 1. The molecule has 1 aliphatic carbocycles. The highest BCUT2D eigenvalue weighted by molar-refractivity contribution is 7.98. The Morgan fingerprint density at radius 3 is 2.27 bits per heavy atom. The van der Waals surface area contributed by atoms with Crippen molar-refractivity contribution in [2.45, 2.75) is 49.9 Å². The number of imide groups is 1. The molecule has 1 N–H and O–H groups in total. The molecular formula is C24H28N2O3S. The average Bonchev–Trinajstić information content (AvgIpc) is 2.80. The Morgan fingerprint density at radius 2 is 1.63 bits per heavy atom. The van der Waals surface area contributed by atoms with E-state index >= 15 is 0 Å². The van der Waals surface area contributed by atoms with Crippen LogP contribution in [0.25, 0.3) is 0 Å². The number of carbonyl (C=O) groups is 3. The monoisotopic (exact) mass is 424 g/mol. The molecule has 0 bridgehead atoms. The first-order valence-electron chi connectivity index (χ1n) is 10.4. The highest BCUT2D eigenvalue weighted by Gasteiger charge is 2.32. The summed E-state index contributed by atoms with van der Waals surface area (Å²) < 4.78 is 0. The van der Waals surface area contributed by atoms with Gasteiger partial charge in [-0.3, -0.25) is 9.69 Å². The molecule has 0 heterocycles. The van der Waals surface area contributed by atoms with Crippen molar-refractivity contribution in [2.75, 3.05) is 5.75 Å². The maximum atomic E-state index is 13.1. The maximum absolute atomic E-state index is 13.1. The topological polar surface area (TPSA) is 66.5 Å². The zero-order valence-electron chi connectivity index (χ0n) is 17.0. The van der Waals surface area contributed by atoms with Crippen LogP contribution in [0.5, 0.6) is 0 Å². The zero-order chi connectivity index (χ0) is 21.2. The third kappa shape index (κ3) is 6.20. The number of urea groups is 1. The lowest BCUT2D eigenvalue weighted by Gasteiger charge is -2.33. The van der Waals surface area contributed by atoms with Crippen molar-refractivity contribution in [3.8, 4) is 0 Å². The van der Waals surface area contributed by atoms with Gasteiger partial charge in [0, 0.05) is 23.1 Å². The summed E-state index contributed by atoms with van der Waals surface area (Å²) >= 11 is 1.58. The van der Waals surface area contributed by atoms with Crippen LogP contribution >= 0.6 is 11.8 Å². The average molecular weight is 425 g/mol. The molecule has 0 aliphatic heterocycles. The van der Waals surface area contributed by atoms with Crippen LogP contribution in [0.4, 0.5) is 4.79 Å². The second-order valence-corrected chi connectivity index (χ2v) is 8.56. The van der Waals surface area contributed by atoms with Crippen molar-refractivity contribution in [3.05, 3.63) is 71.8 Å². The number of nitrogens with one attached hydrogen (secondary N) is 1. The van der Waals surface area contributed by atoms with Crippen LogP contribution in [-0.2, 0) is 10.5 Å². The van der Waals surface area contributed by atoms with E-state index in [4.69, 9.17) is 0 Å². The molecule has 1 saturated carbocycles. The molecule has 0 radical (unpaired) electrons. The van der Waals surface area contributed by atoms with E-state index in [0.29, 0.717) is 11.3 Å². The van der Waals surface area contributed by atoms with E-state index in [1.165, 1.54) is 10.5 Å². The van der Waals surface area contributed by atoms with E-state index in [9.17, 15) is 14.4 Å². The molecular weight excluding hydrogens is 396 g/mol. The SMILES string of the molecule is O=C[C@H](CSCc1ccccc1)NC(=O)N(C(=O)c1ccccc1)C1CCCCC1. The fourth-order valence-corrected chi connectivity index (χ4v) is 4.67. The Balaban J connectivity index is 1.65. The summed E-state index contributed by atoms with van der Waals surface area (Å²) in [6.07, 6.45) is 5.49. The standard InChI is InChI=1S/C24H28N2O3S/c27-16-21(18-30-17-19-10-4-1-5-11-19)25-24(29)26(22-14-8-3-9-15-22)23(28)20-12-6-2-7-13-20/h1-2,4-7,10-13,16,21-22H,3,8-9,14-15,17-18H2,(H,25,29)/t21-/m1/s1. The van der Waals surface area contributed by atoms with Crippen LogP contribution in [-0.4, -0.2) is 41.0 Å². The Bertz CT molecular complexity index is 823. The van der Waals surface area contributed by atoms with Gasteiger partial charge in [-0.15, -0.1) is 0 Å². The number of amides is 3. The smallest absolute Gasteiger partial charge is 0.325 e. The molecule has 0 saturated heterocycles. The van der Waals surface area contributed by atoms with Crippen LogP contribution in [0.15, 0.2) is 60.7 Å². The van der Waals surface area contributed by atoms with E-state index in [2.05, 4.69) is 5.32 Å². The largest absolute Gasteiger partial charge is 0.327 e. The molecule has 5 nitrogen and oxygen atoms in total. The van der Waals surface area contributed by atoms with Gasteiger partial charge in [0.2, 0.25) is 0 Å². The van der Waals surface area contributed by atoms with Crippen molar-refractivity contribution >= 4 is 30.0 Å². The van der Waals surface area contributed by atoms with E-state index < -0.39 is 12.1 Å². The van der Waals surface area contributed by atoms with Gasteiger partial charge in [-0.2, -0.15) is 11.8 Å². The normalized spacial score (nSPS) is 15.2. The summed E-state index contributed by atoms with van der Waals surface area (Å²) in [6.45, 7) is 0.